The predicted octanol–water partition coefficient (Wildman–Crippen LogP) is 2.52. The third kappa shape index (κ3) is 3.11. The number of aryl methyl sites for hydroxylation is 1. The van der Waals surface area contributed by atoms with Gasteiger partial charge in [-0.05, 0) is 18.1 Å². The van der Waals surface area contributed by atoms with E-state index in [1.807, 2.05) is 55.5 Å². The van der Waals surface area contributed by atoms with Crippen molar-refractivity contribution in [1.29, 1.82) is 0 Å². The summed E-state index contributed by atoms with van der Waals surface area (Å²) in [6.45, 7) is 2.59. The van der Waals surface area contributed by atoms with Gasteiger partial charge in [-0.2, -0.15) is 5.10 Å². The van der Waals surface area contributed by atoms with Gasteiger partial charge < -0.3 is 0 Å². The van der Waals surface area contributed by atoms with Crippen LogP contribution in [-0.4, -0.2) is 14.8 Å². The van der Waals surface area contributed by atoms with Crippen LogP contribution in [0.1, 0.15) is 22.5 Å². The van der Waals surface area contributed by atoms with Crippen LogP contribution in [0, 0.1) is 6.92 Å². The summed E-state index contributed by atoms with van der Waals surface area (Å²) in [5.74, 6) is 0.757. The maximum atomic E-state index is 12.0. The van der Waals surface area contributed by atoms with Crippen molar-refractivity contribution in [3.63, 3.8) is 0 Å². The molecular weight excluding hydrogens is 262 g/mol. The monoisotopic (exact) mass is 279 g/mol. The highest BCUT2D eigenvalue weighted by Crippen LogP contribution is 2.09. The smallest absolute Gasteiger partial charge is 0.274 e. The third-order valence-corrected chi connectivity index (χ3v) is 3.47. The summed E-state index contributed by atoms with van der Waals surface area (Å²) in [6.07, 6.45) is 0.644. The fourth-order valence-corrected chi connectivity index (χ4v) is 2.42. The lowest BCUT2D eigenvalue weighted by Crippen LogP contribution is -2.19. The summed E-state index contributed by atoms with van der Waals surface area (Å²) in [4.78, 5) is 12.0. The number of nitrogens with zero attached hydrogens (tertiary/aromatic N) is 2. The molecule has 0 atom stereocenters. The molecule has 0 fully saturated rings. The SMILES string of the molecule is Cc1cccc(Cn2c(Cc3ccccc3)n[nH]c2=O)c1. The molecule has 0 aliphatic carbocycles. The zero-order chi connectivity index (χ0) is 14.7. The summed E-state index contributed by atoms with van der Waals surface area (Å²) < 4.78 is 1.70. The molecule has 3 rings (SSSR count). The molecule has 0 aliphatic heterocycles. The van der Waals surface area contributed by atoms with E-state index < -0.39 is 0 Å². The Labute approximate surface area is 123 Å². The van der Waals surface area contributed by atoms with Gasteiger partial charge in [-0.1, -0.05) is 60.2 Å². The zero-order valence-corrected chi connectivity index (χ0v) is 11.9. The highest BCUT2D eigenvalue weighted by atomic mass is 16.1. The quantitative estimate of drug-likeness (QED) is 0.798. The van der Waals surface area contributed by atoms with E-state index in [1.165, 1.54) is 5.56 Å². The Morgan fingerprint density at radius 2 is 1.81 bits per heavy atom. The molecule has 4 nitrogen and oxygen atoms in total. The molecule has 1 aromatic heterocycles. The Bertz CT molecular complexity index is 787. The van der Waals surface area contributed by atoms with Crippen LogP contribution in [0.3, 0.4) is 0 Å². The molecule has 3 aromatic rings. The molecule has 0 spiro atoms. The van der Waals surface area contributed by atoms with E-state index in [0.29, 0.717) is 13.0 Å². The fraction of sp³-hybridized carbons (Fsp3) is 0.176. The molecule has 0 bridgehead atoms. The van der Waals surface area contributed by atoms with Crippen molar-refractivity contribution in [2.75, 3.05) is 0 Å². The van der Waals surface area contributed by atoms with E-state index in [4.69, 9.17) is 0 Å². The number of aromatic nitrogens is 3. The summed E-state index contributed by atoms with van der Waals surface area (Å²) in [7, 11) is 0. The number of hydrogen-bond donors (Lipinski definition) is 1. The Hall–Kier alpha value is -2.62. The van der Waals surface area contributed by atoms with Crippen LogP contribution in [-0.2, 0) is 13.0 Å². The van der Waals surface area contributed by atoms with Crippen LogP contribution in [0.25, 0.3) is 0 Å². The molecule has 106 valence electrons. The predicted molar refractivity (Wildman–Crippen MR) is 82.4 cm³/mol. The molecule has 0 aliphatic rings. The molecule has 0 amide bonds. The van der Waals surface area contributed by atoms with E-state index in [0.717, 1.165) is 17.0 Å². The molecule has 2 aromatic carbocycles. The maximum absolute atomic E-state index is 12.0. The second-order valence-corrected chi connectivity index (χ2v) is 5.18. The van der Waals surface area contributed by atoms with Crippen molar-refractivity contribution >= 4 is 0 Å². The van der Waals surface area contributed by atoms with Crippen molar-refractivity contribution in [1.82, 2.24) is 14.8 Å². The minimum atomic E-state index is -0.164. The summed E-state index contributed by atoms with van der Waals surface area (Å²) in [6, 6.07) is 18.2. The largest absolute Gasteiger partial charge is 0.343 e. The molecule has 21 heavy (non-hydrogen) atoms. The zero-order valence-electron chi connectivity index (χ0n) is 11.9. The Morgan fingerprint density at radius 3 is 2.57 bits per heavy atom. The average molecular weight is 279 g/mol. The van der Waals surface area contributed by atoms with Gasteiger partial charge in [0.05, 0.1) is 6.54 Å². The lowest BCUT2D eigenvalue weighted by atomic mass is 10.1. The van der Waals surface area contributed by atoms with E-state index in [9.17, 15) is 4.79 Å². The van der Waals surface area contributed by atoms with E-state index >= 15 is 0 Å². The summed E-state index contributed by atoms with van der Waals surface area (Å²) in [5.41, 5.74) is 3.27. The number of H-pyrrole nitrogens is 1. The van der Waals surface area contributed by atoms with E-state index in [1.54, 1.807) is 4.57 Å². The van der Waals surface area contributed by atoms with Gasteiger partial charge in [0.2, 0.25) is 0 Å². The van der Waals surface area contributed by atoms with Gasteiger partial charge in [0.15, 0.2) is 0 Å². The second-order valence-electron chi connectivity index (χ2n) is 5.18. The van der Waals surface area contributed by atoms with Gasteiger partial charge in [0, 0.05) is 6.42 Å². The van der Waals surface area contributed by atoms with E-state index in [-0.39, 0.29) is 5.69 Å². The standard InChI is InChI=1S/C17H17N3O/c1-13-6-5-9-15(10-13)12-20-16(18-19-17(20)21)11-14-7-3-2-4-8-14/h2-10H,11-12H2,1H3,(H,19,21). The van der Waals surface area contributed by atoms with Gasteiger partial charge in [-0.15, -0.1) is 0 Å². The van der Waals surface area contributed by atoms with Gasteiger partial charge >= 0.3 is 5.69 Å². The van der Waals surface area contributed by atoms with Crippen LogP contribution in [0.5, 0.6) is 0 Å². The highest BCUT2D eigenvalue weighted by molar-refractivity contribution is 5.23. The Kier molecular flexibility index (Phi) is 3.69. The second kappa shape index (κ2) is 5.79. The number of hydrogen-bond acceptors (Lipinski definition) is 2. The van der Waals surface area contributed by atoms with Crippen LogP contribution in [0.2, 0.25) is 0 Å². The number of nitrogens with one attached hydrogen (secondary N) is 1. The number of benzene rings is 2. The van der Waals surface area contributed by atoms with Crippen LogP contribution >= 0.6 is 0 Å². The van der Waals surface area contributed by atoms with Crippen molar-refractivity contribution in [3.8, 4) is 0 Å². The first kappa shape index (κ1) is 13.4. The first-order valence-electron chi connectivity index (χ1n) is 6.96. The number of aromatic amines is 1. The van der Waals surface area contributed by atoms with Crippen molar-refractivity contribution in [3.05, 3.63) is 87.6 Å². The van der Waals surface area contributed by atoms with Gasteiger partial charge in [-0.25, -0.2) is 9.89 Å². The normalized spacial score (nSPS) is 10.7. The van der Waals surface area contributed by atoms with Crippen LogP contribution in [0.4, 0.5) is 0 Å². The van der Waals surface area contributed by atoms with Crippen LogP contribution in [0.15, 0.2) is 59.4 Å². The fourth-order valence-electron chi connectivity index (χ4n) is 2.42. The molecule has 0 saturated carbocycles. The van der Waals surface area contributed by atoms with Crippen LogP contribution < -0.4 is 5.69 Å². The first-order valence-corrected chi connectivity index (χ1v) is 6.96. The molecule has 1 heterocycles. The lowest BCUT2D eigenvalue weighted by molar-refractivity contribution is 0.716. The molecular formula is C17H17N3O. The van der Waals surface area contributed by atoms with Crippen molar-refractivity contribution in [2.45, 2.75) is 19.9 Å². The topological polar surface area (TPSA) is 50.7 Å². The minimum Gasteiger partial charge on any atom is -0.274 e. The highest BCUT2D eigenvalue weighted by Gasteiger charge is 2.09. The van der Waals surface area contributed by atoms with Gasteiger partial charge in [0.25, 0.3) is 0 Å². The van der Waals surface area contributed by atoms with E-state index in [2.05, 4.69) is 16.3 Å². The maximum Gasteiger partial charge on any atom is 0.343 e. The molecule has 0 unspecified atom stereocenters. The first-order chi connectivity index (χ1) is 10.2. The Balaban J connectivity index is 1.89. The molecule has 4 heteroatoms. The molecule has 0 saturated heterocycles. The summed E-state index contributed by atoms with van der Waals surface area (Å²) in [5, 5.41) is 6.70. The minimum absolute atomic E-state index is 0.164. The molecule has 0 radical (unpaired) electrons. The number of rotatable bonds is 4. The van der Waals surface area contributed by atoms with Crippen molar-refractivity contribution < 1.29 is 0 Å². The Morgan fingerprint density at radius 1 is 1.05 bits per heavy atom. The van der Waals surface area contributed by atoms with Gasteiger partial charge in [-0.3, -0.25) is 4.57 Å². The summed E-state index contributed by atoms with van der Waals surface area (Å²) >= 11 is 0. The third-order valence-electron chi connectivity index (χ3n) is 3.47. The lowest BCUT2D eigenvalue weighted by Gasteiger charge is -2.07. The van der Waals surface area contributed by atoms with Crippen molar-refractivity contribution in [2.24, 2.45) is 0 Å². The average Bonchev–Trinajstić information content (AvgIpc) is 2.81. The van der Waals surface area contributed by atoms with Gasteiger partial charge in [0.1, 0.15) is 5.82 Å². The molecule has 1 N–H and O–H groups in total.